The molecular formula is C16H30N2. The van der Waals surface area contributed by atoms with Gasteiger partial charge in [0.1, 0.15) is 0 Å². The largest absolute Gasteiger partial charge is 0.312 e. The summed E-state index contributed by atoms with van der Waals surface area (Å²) in [6, 6.07) is 1.58. The minimum Gasteiger partial charge on any atom is -0.312 e. The highest BCUT2D eigenvalue weighted by atomic mass is 15.2. The lowest BCUT2D eigenvalue weighted by Gasteiger charge is -2.34. The van der Waals surface area contributed by atoms with Crippen LogP contribution >= 0.6 is 0 Å². The summed E-state index contributed by atoms with van der Waals surface area (Å²) in [5.41, 5.74) is 0. The molecule has 0 aromatic rings. The van der Waals surface area contributed by atoms with Gasteiger partial charge in [-0.25, -0.2) is 0 Å². The van der Waals surface area contributed by atoms with Gasteiger partial charge in [0.05, 0.1) is 0 Å². The van der Waals surface area contributed by atoms with Gasteiger partial charge in [0.2, 0.25) is 0 Å². The Morgan fingerprint density at radius 1 is 1.00 bits per heavy atom. The fraction of sp³-hybridized carbons (Fsp3) is 1.00. The quantitative estimate of drug-likeness (QED) is 0.828. The van der Waals surface area contributed by atoms with Gasteiger partial charge in [-0.1, -0.05) is 19.3 Å². The molecule has 3 aliphatic rings. The molecule has 1 heterocycles. The van der Waals surface area contributed by atoms with Crippen molar-refractivity contribution >= 4 is 0 Å². The zero-order valence-electron chi connectivity index (χ0n) is 12.0. The number of rotatable bonds is 3. The van der Waals surface area contributed by atoms with Gasteiger partial charge >= 0.3 is 0 Å². The van der Waals surface area contributed by atoms with Crippen molar-refractivity contribution in [3.8, 4) is 0 Å². The van der Waals surface area contributed by atoms with E-state index in [9.17, 15) is 0 Å². The van der Waals surface area contributed by atoms with Crippen LogP contribution in [0, 0.1) is 11.8 Å². The Morgan fingerprint density at radius 3 is 2.50 bits per heavy atom. The Kier molecular flexibility index (Phi) is 4.25. The molecule has 0 aromatic carbocycles. The van der Waals surface area contributed by atoms with Crippen molar-refractivity contribution in [2.24, 2.45) is 11.8 Å². The van der Waals surface area contributed by atoms with Gasteiger partial charge in [-0.05, 0) is 57.4 Å². The predicted octanol–water partition coefficient (Wildman–Crippen LogP) is 3.03. The summed E-state index contributed by atoms with van der Waals surface area (Å²) in [6.07, 6.45) is 11.7. The lowest BCUT2D eigenvalue weighted by Crippen LogP contribution is -2.45. The number of hydrogen-bond donors (Lipinski definition) is 1. The van der Waals surface area contributed by atoms with E-state index < -0.39 is 0 Å². The molecule has 3 rings (SSSR count). The molecule has 2 heteroatoms. The summed E-state index contributed by atoms with van der Waals surface area (Å²) in [5.74, 6) is 2.00. The zero-order chi connectivity index (χ0) is 12.4. The maximum atomic E-state index is 3.86. The van der Waals surface area contributed by atoms with Crippen LogP contribution in [0.1, 0.15) is 58.3 Å². The van der Waals surface area contributed by atoms with Crippen LogP contribution in [0.4, 0.5) is 0 Å². The average molecular weight is 250 g/mol. The molecule has 0 bridgehead atoms. The Balaban J connectivity index is 1.58. The van der Waals surface area contributed by atoms with E-state index in [4.69, 9.17) is 0 Å². The summed E-state index contributed by atoms with van der Waals surface area (Å²) < 4.78 is 0. The summed E-state index contributed by atoms with van der Waals surface area (Å²) in [7, 11) is 0. The molecule has 2 atom stereocenters. The third kappa shape index (κ3) is 3.27. The van der Waals surface area contributed by atoms with Crippen molar-refractivity contribution in [3.63, 3.8) is 0 Å². The van der Waals surface area contributed by atoms with E-state index in [1.54, 1.807) is 0 Å². The van der Waals surface area contributed by atoms with Gasteiger partial charge in [-0.2, -0.15) is 0 Å². The summed E-state index contributed by atoms with van der Waals surface area (Å²) in [5, 5.41) is 3.86. The number of hydrogen-bond acceptors (Lipinski definition) is 2. The van der Waals surface area contributed by atoms with Gasteiger partial charge in [-0.15, -0.1) is 0 Å². The van der Waals surface area contributed by atoms with E-state index in [-0.39, 0.29) is 0 Å². The summed E-state index contributed by atoms with van der Waals surface area (Å²) in [4.78, 5) is 2.80. The van der Waals surface area contributed by atoms with Crippen molar-refractivity contribution in [2.75, 3.05) is 19.6 Å². The fourth-order valence-corrected chi connectivity index (χ4v) is 3.90. The highest BCUT2D eigenvalue weighted by Gasteiger charge is 2.32. The van der Waals surface area contributed by atoms with E-state index in [0.29, 0.717) is 0 Å². The number of nitrogens with zero attached hydrogens (tertiary/aromatic N) is 1. The Morgan fingerprint density at radius 2 is 1.78 bits per heavy atom. The minimum atomic E-state index is 0.786. The number of nitrogens with one attached hydrogen (secondary N) is 1. The molecule has 0 amide bonds. The van der Waals surface area contributed by atoms with Crippen LogP contribution in [-0.2, 0) is 0 Å². The predicted molar refractivity (Wildman–Crippen MR) is 76.7 cm³/mol. The zero-order valence-corrected chi connectivity index (χ0v) is 12.0. The first-order valence-corrected chi connectivity index (χ1v) is 8.30. The van der Waals surface area contributed by atoms with Gasteiger partial charge in [-0.3, -0.25) is 4.90 Å². The van der Waals surface area contributed by atoms with Crippen LogP contribution < -0.4 is 5.32 Å². The molecule has 0 spiro atoms. The maximum absolute atomic E-state index is 3.86. The molecule has 1 N–H and O–H groups in total. The molecule has 2 aliphatic carbocycles. The molecule has 2 unspecified atom stereocenters. The van der Waals surface area contributed by atoms with Crippen LogP contribution in [0.3, 0.4) is 0 Å². The SMILES string of the molecule is CC1CCNC(C2CCCCC2)CN1CC1CC1. The van der Waals surface area contributed by atoms with E-state index in [1.807, 2.05) is 0 Å². The highest BCUT2D eigenvalue weighted by Crippen LogP contribution is 2.32. The first-order valence-electron chi connectivity index (χ1n) is 8.30. The van der Waals surface area contributed by atoms with Crippen LogP contribution in [0.5, 0.6) is 0 Å². The molecule has 1 saturated heterocycles. The molecule has 0 radical (unpaired) electrons. The standard InChI is InChI=1S/C16H30N2/c1-13-9-10-17-16(15-5-3-2-4-6-15)12-18(13)11-14-7-8-14/h13-17H,2-12H2,1H3. The Labute approximate surface area is 113 Å². The Bertz CT molecular complexity index is 256. The second-order valence-electron chi connectivity index (χ2n) is 6.99. The van der Waals surface area contributed by atoms with Crippen molar-refractivity contribution in [1.82, 2.24) is 10.2 Å². The first-order chi connectivity index (χ1) is 8.83. The van der Waals surface area contributed by atoms with E-state index in [1.165, 1.54) is 71.0 Å². The van der Waals surface area contributed by atoms with Crippen molar-refractivity contribution < 1.29 is 0 Å². The van der Waals surface area contributed by atoms with Crippen LogP contribution in [0.15, 0.2) is 0 Å². The van der Waals surface area contributed by atoms with Crippen LogP contribution in [0.2, 0.25) is 0 Å². The molecular weight excluding hydrogens is 220 g/mol. The second-order valence-corrected chi connectivity index (χ2v) is 6.99. The minimum absolute atomic E-state index is 0.786. The van der Waals surface area contributed by atoms with Crippen molar-refractivity contribution in [2.45, 2.75) is 70.4 Å². The van der Waals surface area contributed by atoms with Crippen LogP contribution in [0.25, 0.3) is 0 Å². The van der Waals surface area contributed by atoms with E-state index in [2.05, 4.69) is 17.1 Å². The molecule has 104 valence electrons. The molecule has 3 fully saturated rings. The smallest absolute Gasteiger partial charge is 0.0223 e. The summed E-state index contributed by atoms with van der Waals surface area (Å²) >= 11 is 0. The maximum Gasteiger partial charge on any atom is 0.0223 e. The van der Waals surface area contributed by atoms with E-state index >= 15 is 0 Å². The van der Waals surface area contributed by atoms with Gasteiger partial charge in [0.15, 0.2) is 0 Å². The molecule has 0 aromatic heterocycles. The van der Waals surface area contributed by atoms with Gasteiger partial charge in [0, 0.05) is 25.2 Å². The molecule has 18 heavy (non-hydrogen) atoms. The van der Waals surface area contributed by atoms with Gasteiger partial charge in [0.25, 0.3) is 0 Å². The summed E-state index contributed by atoms with van der Waals surface area (Å²) in [6.45, 7) is 6.38. The third-order valence-electron chi connectivity index (χ3n) is 5.43. The Hall–Kier alpha value is -0.0800. The third-order valence-corrected chi connectivity index (χ3v) is 5.43. The van der Waals surface area contributed by atoms with Crippen molar-refractivity contribution in [1.29, 1.82) is 0 Å². The fourth-order valence-electron chi connectivity index (χ4n) is 3.90. The molecule has 1 aliphatic heterocycles. The monoisotopic (exact) mass is 250 g/mol. The second kappa shape index (κ2) is 5.92. The average Bonchev–Trinajstić information content (AvgIpc) is 3.21. The topological polar surface area (TPSA) is 15.3 Å². The van der Waals surface area contributed by atoms with Gasteiger partial charge < -0.3 is 5.32 Å². The normalized spacial score (nSPS) is 36.5. The van der Waals surface area contributed by atoms with Crippen molar-refractivity contribution in [3.05, 3.63) is 0 Å². The molecule has 2 nitrogen and oxygen atoms in total. The lowest BCUT2D eigenvalue weighted by molar-refractivity contribution is 0.166. The van der Waals surface area contributed by atoms with Crippen LogP contribution in [-0.4, -0.2) is 36.6 Å². The highest BCUT2D eigenvalue weighted by molar-refractivity contribution is 4.89. The van der Waals surface area contributed by atoms with E-state index in [0.717, 1.165) is 23.9 Å². The lowest BCUT2D eigenvalue weighted by atomic mass is 9.83. The molecule has 2 saturated carbocycles. The first kappa shape index (κ1) is 12.9.